The van der Waals surface area contributed by atoms with Crippen LogP contribution in [0.3, 0.4) is 0 Å². The first-order valence-electron chi connectivity index (χ1n) is 11.9. The molecule has 8 nitrogen and oxygen atoms in total. The Morgan fingerprint density at radius 1 is 0.971 bits per heavy atom. The highest BCUT2D eigenvalue weighted by Gasteiger charge is 2.34. The van der Waals surface area contributed by atoms with Crippen molar-refractivity contribution in [3.8, 4) is 11.1 Å². The number of hydrogen-bond acceptors (Lipinski definition) is 5. The van der Waals surface area contributed by atoms with Crippen LogP contribution in [0, 0.1) is 11.8 Å². The SMILES string of the molecule is O=C(NC[C@@H]1C[C@H](C(=O)NC2C=CC(C(=O)O)C2)CO1)OCC1c2ccccc2-c2ccccc21. The van der Waals surface area contributed by atoms with Gasteiger partial charge in [-0.2, -0.15) is 0 Å². The van der Waals surface area contributed by atoms with Gasteiger partial charge in [-0.3, -0.25) is 9.59 Å². The van der Waals surface area contributed by atoms with E-state index in [1.54, 1.807) is 12.2 Å². The molecule has 5 rings (SSSR count). The van der Waals surface area contributed by atoms with Crippen molar-refractivity contribution in [3.63, 3.8) is 0 Å². The molecule has 182 valence electrons. The van der Waals surface area contributed by atoms with Crippen LogP contribution in [0.2, 0.25) is 0 Å². The number of nitrogens with one attached hydrogen (secondary N) is 2. The number of amides is 2. The highest BCUT2D eigenvalue weighted by molar-refractivity contribution is 5.81. The van der Waals surface area contributed by atoms with Crippen LogP contribution in [-0.2, 0) is 19.1 Å². The highest BCUT2D eigenvalue weighted by atomic mass is 16.5. The zero-order valence-corrected chi connectivity index (χ0v) is 19.2. The lowest BCUT2D eigenvalue weighted by Crippen LogP contribution is -2.38. The Balaban J connectivity index is 1.07. The smallest absolute Gasteiger partial charge is 0.407 e. The minimum atomic E-state index is -0.887. The van der Waals surface area contributed by atoms with Crippen LogP contribution in [0.15, 0.2) is 60.7 Å². The lowest BCUT2D eigenvalue weighted by molar-refractivity contribution is -0.140. The van der Waals surface area contributed by atoms with E-state index in [0.29, 0.717) is 12.8 Å². The minimum Gasteiger partial charge on any atom is -0.481 e. The Bertz CT molecular complexity index is 1120. The number of rotatable bonds is 7. The van der Waals surface area contributed by atoms with Gasteiger partial charge in [0.15, 0.2) is 0 Å². The van der Waals surface area contributed by atoms with E-state index >= 15 is 0 Å². The molecule has 3 aliphatic rings. The fourth-order valence-electron chi connectivity index (χ4n) is 5.17. The van der Waals surface area contributed by atoms with Crippen LogP contribution in [0.5, 0.6) is 0 Å². The summed E-state index contributed by atoms with van der Waals surface area (Å²) in [4.78, 5) is 36.0. The molecule has 2 aliphatic carbocycles. The lowest BCUT2D eigenvalue weighted by Gasteiger charge is -2.16. The molecular weight excluding hydrogens is 448 g/mol. The van der Waals surface area contributed by atoms with Gasteiger partial charge in [-0.25, -0.2) is 4.79 Å². The average molecular weight is 477 g/mol. The van der Waals surface area contributed by atoms with Crippen molar-refractivity contribution in [1.29, 1.82) is 0 Å². The van der Waals surface area contributed by atoms with Gasteiger partial charge in [-0.1, -0.05) is 60.7 Å². The molecule has 3 N–H and O–H groups in total. The first kappa shape index (κ1) is 23.1. The summed E-state index contributed by atoms with van der Waals surface area (Å²) >= 11 is 0. The molecule has 0 radical (unpaired) electrons. The second kappa shape index (κ2) is 9.92. The van der Waals surface area contributed by atoms with Gasteiger partial charge >= 0.3 is 12.1 Å². The number of ether oxygens (including phenoxy) is 2. The number of carboxylic acid groups (broad SMARTS) is 1. The molecule has 2 aromatic rings. The predicted molar refractivity (Wildman–Crippen MR) is 128 cm³/mol. The summed E-state index contributed by atoms with van der Waals surface area (Å²) in [7, 11) is 0. The molecular formula is C27H28N2O6. The second-order valence-corrected chi connectivity index (χ2v) is 9.27. The Labute approximate surface area is 203 Å². The number of carbonyl (C=O) groups excluding carboxylic acids is 2. The summed E-state index contributed by atoms with van der Waals surface area (Å²) in [6.45, 7) is 0.759. The van der Waals surface area contributed by atoms with Crippen LogP contribution < -0.4 is 10.6 Å². The van der Waals surface area contributed by atoms with E-state index in [2.05, 4.69) is 34.9 Å². The van der Waals surface area contributed by atoms with Crippen molar-refractivity contribution in [1.82, 2.24) is 10.6 Å². The quantitative estimate of drug-likeness (QED) is 0.530. The molecule has 0 spiro atoms. The standard InChI is InChI=1S/C27H28N2O6/c30-25(29-18-10-9-16(11-18)26(31)32)17-12-19(34-14-17)13-28-27(33)35-15-24-22-7-3-1-5-20(22)21-6-2-4-8-23(21)24/h1-10,16-19,24H,11-15H2,(H,28,33)(H,29,30)(H,31,32)/t16?,17-,18?,19-/m0/s1. The van der Waals surface area contributed by atoms with Gasteiger partial charge in [-0.15, -0.1) is 0 Å². The first-order chi connectivity index (χ1) is 17.0. The molecule has 8 heteroatoms. The maximum absolute atomic E-state index is 12.5. The number of fused-ring (bicyclic) bond motifs is 3. The van der Waals surface area contributed by atoms with Crippen LogP contribution >= 0.6 is 0 Å². The van der Waals surface area contributed by atoms with E-state index < -0.39 is 18.0 Å². The van der Waals surface area contributed by atoms with Gasteiger partial charge in [-0.05, 0) is 35.1 Å². The monoisotopic (exact) mass is 476 g/mol. The van der Waals surface area contributed by atoms with Crippen molar-refractivity contribution < 1.29 is 29.0 Å². The van der Waals surface area contributed by atoms with E-state index in [0.717, 1.165) is 11.1 Å². The summed E-state index contributed by atoms with van der Waals surface area (Å²) in [6, 6.07) is 16.1. The molecule has 2 aromatic carbocycles. The summed E-state index contributed by atoms with van der Waals surface area (Å²) in [6.07, 6.45) is 3.38. The van der Waals surface area contributed by atoms with Gasteiger partial charge in [0.05, 0.1) is 24.5 Å². The molecule has 0 saturated carbocycles. The maximum Gasteiger partial charge on any atom is 0.407 e. The van der Waals surface area contributed by atoms with Crippen LogP contribution in [-0.4, -0.2) is 55.0 Å². The van der Waals surface area contributed by atoms with Gasteiger partial charge in [0.1, 0.15) is 6.61 Å². The molecule has 2 unspecified atom stereocenters. The third-order valence-electron chi connectivity index (χ3n) is 7.00. The third-order valence-corrected chi connectivity index (χ3v) is 7.00. The largest absolute Gasteiger partial charge is 0.481 e. The number of aliphatic carboxylic acids is 1. The van der Waals surface area contributed by atoms with Gasteiger partial charge < -0.3 is 25.2 Å². The van der Waals surface area contributed by atoms with Crippen molar-refractivity contribution >= 4 is 18.0 Å². The minimum absolute atomic E-state index is 0.00526. The van der Waals surface area contributed by atoms with E-state index in [1.165, 1.54) is 11.1 Å². The molecule has 4 atom stereocenters. The molecule has 1 saturated heterocycles. The fourth-order valence-corrected chi connectivity index (χ4v) is 5.17. The zero-order valence-electron chi connectivity index (χ0n) is 19.2. The van der Waals surface area contributed by atoms with E-state index in [4.69, 9.17) is 14.6 Å². The van der Waals surface area contributed by atoms with Gasteiger partial charge in [0, 0.05) is 18.5 Å². The topological polar surface area (TPSA) is 114 Å². The first-order valence-corrected chi connectivity index (χ1v) is 11.9. The summed E-state index contributed by atoms with van der Waals surface area (Å²) in [5.74, 6) is -1.94. The van der Waals surface area contributed by atoms with E-state index in [1.807, 2.05) is 24.3 Å². The molecule has 0 aromatic heterocycles. The van der Waals surface area contributed by atoms with Gasteiger partial charge in [0.25, 0.3) is 0 Å². The second-order valence-electron chi connectivity index (χ2n) is 9.27. The number of hydrogen-bond donors (Lipinski definition) is 3. The van der Waals surface area contributed by atoms with E-state index in [9.17, 15) is 14.4 Å². The van der Waals surface area contributed by atoms with Crippen molar-refractivity contribution in [2.75, 3.05) is 19.8 Å². The molecule has 0 bridgehead atoms. The van der Waals surface area contributed by atoms with Crippen LogP contribution in [0.1, 0.15) is 29.9 Å². The molecule has 35 heavy (non-hydrogen) atoms. The maximum atomic E-state index is 12.5. The Hall–Kier alpha value is -3.65. The summed E-state index contributed by atoms with van der Waals surface area (Å²) in [5, 5.41) is 14.7. The number of carboxylic acids is 1. The molecule has 2 amide bonds. The van der Waals surface area contributed by atoms with Crippen molar-refractivity contribution in [2.24, 2.45) is 11.8 Å². The number of carbonyl (C=O) groups is 3. The average Bonchev–Trinajstić information content (AvgIpc) is 3.59. The number of alkyl carbamates (subject to hydrolysis) is 1. The Kier molecular flexibility index (Phi) is 6.55. The van der Waals surface area contributed by atoms with Gasteiger partial charge in [0.2, 0.25) is 5.91 Å². The Morgan fingerprint density at radius 2 is 1.66 bits per heavy atom. The molecule has 1 heterocycles. The third kappa shape index (κ3) is 4.93. The fraction of sp³-hybridized carbons (Fsp3) is 0.370. The number of benzene rings is 2. The predicted octanol–water partition coefficient (Wildman–Crippen LogP) is 3.08. The summed E-state index contributed by atoms with van der Waals surface area (Å²) in [5.41, 5.74) is 4.65. The highest BCUT2D eigenvalue weighted by Crippen LogP contribution is 2.44. The zero-order chi connectivity index (χ0) is 24.4. The lowest BCUT2D eigenvalue weighted by atomic mass is 9.98. The van der Waals surface area contributed by atoms with Crippen molar-refractivity contribution in [3.05, 3.63) is 71.8 Å². The Morgan fingerprint density at radius 3 is 2.31 bits per heavy atom. The van der Waals surface area contributed by atoms with E-state index in [-0.39, 0.29) is 49.6 Å². The van der Waals surface area contributed by atoms with Crippen molar-refractivity contribution in [2.45, 2.75) is 30.9 Å². The molecule has 1 fully saturated rings. The normalized spacial score (nSPS) is 24.6. The van der Waals surface area contributed by atoms with Crippen LogP contribution in [0.25, 0.3) is 11.1 Å². The molecule has 1 aliphatic heterocycles. The van der Waals surface area contributed by atoms with Crippen LogP contribution in [0.4, 0.5) is 4.79 Å². The summed E-state index contributed by atoms with van der Waals surface area (Å²) < 4.78 is 11.2.